The summed E-state index contributed by atoms with van der Waals surface area (Å²) in [5.74, 6) is 0. The van der Waals surface area contributed by atoms with Crippen LogP contribution >= 0.6 is 0 Å². The molecular formula is C17H33N. The van der Waals surface area contributed by atoms with E-state index in [9.17, 15) is 0 Å². The molecule has 2 fully saturated rings. The third-order valence-electron chi connectivity index (χ3n) is 5.47. The predicted molar refractivity (Wildman–Crippen MR) is 79.9 cm³/mol. The van der Waals surface area contributed by atoms with Crippen LogP contribution in [0.5, 0.6) is 0 Å². The average molecular weight is 251 g/mol. The fraction of sp³-hybridized carbons (Fsp3) is 1.00. The lowest BCUT2D eigenvalue weighted by atomic mass is 9.71. The average Bonchev–Trinajstić information content (AvgIpc) is 2.81. The van der Waals surface area contributed by atoms with E-state index < -0.39 is 0 Å². The summed E-state index contributed by atoms with van der Waals surface area (Å²) in [6, 6.07) is 1.56. The smallest absolute Gasteiger partial charge is 0.00699 e. The minimum Gasteiger partial charge on any atom is -0.312 e. The molecule has 1 spiro atoms. The molecule has 18 heavy (non-hydrogen) atoms. The van der Waals surface area contributed by atoms with Gasteiger partial charge < -0.3 is 5.32 Å². The molecule has 0 radical (unpaired) electrons. The Hall–Kier alpha value is -0.0400. The van der Waals surface area contributed by atoms with Gasteiger partial charge in [0.25, 0.3) is 0 Å². The summed E-state index contributed by atoms with van der Waals surface area (Å²) in [5, 5.41) is 3.88. The van der Waals surface area contributed by atoms with Crippen LogP contribution in [0, 0.1) is 5.41 Å². The fourth-order valence-electron chi connectivity index (χ4n) is 4.21. The summed E-state index contributed by atoms with van der Waals surface area (Å²) in [4.78, 5) is 0. The second-order valence-electron chi connectivity index (χ2n) is 7.04. The molecule has 0 amide bonds. The van der Waals surface area contributed by atoms with E-state index in [1.807, 2.05) is 0 Å². The Morgan fingerprint density at radius 3 is 2.33 bits per heavy atom. The maximum atomic E-state index is 3.88. The lowest BCUT2D eigenvalue weighted by Gasteiger charge is -2.38. The summed E-state index contributed by atoms with van der Waals surface area (Å²) in [5.41, 5.74) is 0.795. The third kappa shape index (κ3) is 3.98. The van der Waals surface area contributed by atoms with E-state index >= 15 is 0 Å². The summed E-state index contributed by atoms with van der Waals surface area (Å²) in [6.45, 7) is 4.68. The highest BCUT2D eigenvalue weighted by molar-refractivity contribution is 4.91. The molecule has 0 aromatic heterocycles. The first-order valence-electron chi connectivity index (χ1n) is 8.50. The van der Waals surface area contributed by atoms with Crippen molar-refractivity contribution in [2.45, 2.75) is 103 Å². The summed E-state index contributed by atoms with van der Waals surface area (Å²) in [6.07, 6.45) is 17.5. The van der Waals surface area contributed by atoms with Gasteiger partial charge in [-0.05, 0) is 57.3 Å². The molecule has 1 heteroatoms. The molecule has 2 rings (SSSR count). The first-order valence-corrected chi connectivity index (χ1v) is 8.50. The number of nitrogens with one attached hydrogen (secondary N) is 1. The molecular weight excluding hydrogens is 218 g/mol. The van der Waals surface area contributed by atoms with Crippen LogP contribution in [0.2, 0.25) is 0 Å². The largest absolute Gasteiger partial charge is 0.312 e. The maximum absolute atomic E-state index is 3.88. The molecule has 0 aromatic carbocycles. The van der Waals surface area contributed by atoms with Crippen LogP contribution < -0.4 is 5.32 Å². The molecule has 0 saturated heterocycles. The summed E-state index contributed by atoms with van der Waals surface area (Å²) in [7, 11) is 0. The molecule has 1 nitrogen and oxygen atoms in total. The molecule has 2 saturated carbocycles. The van der Waals surface area contributed by atoms with E-state index in [4.69, 9.17) is 0 Å². The predicted octanol–water partition coefficient (Wildman–Crippen LogP) is 5.05. The number of unbranched alkanes of at least 4 members (excludes halogenated alkanes) is 2. The van der Waals surface area contributed by atoms with Gasteiger partial charge in [0.2, 0.25) is 0 Å². The van der Waals surface area contributed by atoms with Crippen LogP contribution in [0.1, 0.15) is 90.9 Å². The Labute approximate surface area is 114 Å². The highest BCUT2D eigenvalue weighted by Crippen LogP contribution is 2.48. The van der Waals surface area contributed by atoms with Gasteiger partial charge in [0, 0.05) is 12.1 Å². The lowest BCUT2D eigenvalue weighted by molar-refractivity contribution is 0.162. The Bertz CT molecular complexity index is 220. The van der Waals surface area contributed by atoms with Gasteiger partial charge in [-0.3, -0.25) is 0 Å². The van der Waals surface area contributed by atoms with Gasteiger partial charge >= 0.3 is 0 Å². The third-order valence-corrected chi connectivity index (χ3v) is 5.47. The van der Waals surface area contributed by atoms with Crippen molar-refractivity contribution < 1.29 is 0 Å². The van der Waals surface area contributed by atoms with Gasteiger partial charge in [0.15, 0.2) is 0 Å². The minimum absolute atomic E-state index is 0.735. The zero-order valence-corrected chi connectivity index (χ0v) is 12.6. The van der Waals surface area contributed by atoms with Gasteiger partial charge in [0.05, 0.1) is 0 Å². The van der Waals surface area contributed by atoms with E-state index in [0.29, 0.717) is 0 Å². The number of hydrogen-bond acceptors (Lipinski definition) is 1. The van der Waals surface area contributed by atoms with Crippen LogP contribution in [0.3, 0.4) is 0 Å². The Morgan fingerprint density at radius 2 is 1.72 bits per heavy atom. The Balaban J connectivity index is 1.63. The van der Waals surface area contributed by atoms with Gasteiger partial charge in [-0.2, -0.15) is 0 Å². The zero-order chi connectivity index (χ0) is 12.8. The fourth-order valence-corrected chi connectivity index (χ4v) is 4.21. The highest BCUT2D eigenvalue weighted by Gasteiger charge is 2.37. The number of hydrogen-bond donors (Lipinski definition) is 1. The molecule has 0 aliphatic heterocycles. The minimum atomic E-state index is 0.735. The van der Waals surface area contributed by atoms with Crippen molar-refractivity contribution in [1.82, 2.24) is 5.32 Å². The van der Waals surface area contributed by atoms with E-state index in [-0.39, 0.29) is 0 Å². The van der Waals surface area contributed by atoms with Crippen molar-refractivity contribution in [2.75, 3.05) is 0 Å². The van der Waals surface area contributed by atoms with Gasteiger partial charge in [0.1, 0.15) is 0 Å². The molecule has 2 aliphatic rings. The molecule has 106 valence electrons. The van der Waals surface area contributed by atoms with Crippen LogP contribution in [-0.4, -0.2) is 12.1 Å². The van der Waals surface area contributed by atoms with Crippen molar-refractivity contribution in [3.8, 4) is 0 Å². The normalized spacial score (nSPS) is 25.7. The topological polar surface area (TPSA) is 12.0 Å². The van der Waals surface area contributed by atoms with Crippen molar-refractivity contribution in [3.05, 3.63) is 0 Å². The molecule has 0 heterocycles. The maximum Gasteiger partial charge on any atom is 0.00699 e. The SMILES string of the molecule is CCCCCC(C)NC1CCC2(CCCC2)CC1. The van der Waals surface area contributed by atoms with Gasteiger partial charge in [-0.15, -0.1) is 0 Å². The quantitative estimate of drug-likeness (QED) is 0.652. The van der Waals surface area contributed by atoms with Crippen LogP contribution in [0.4, 0.5) is 0 Å². The molecule has 1 N–H and O–H groups in total. The van der Waals surface area contributed by atoms with Gasteiger partial charge in [-0.25, -0.2) is 0 Å². The first kappa shape index (κ1) is 14.4. The monoisotopic (exact) mass is 251 g/mol. The van der Waals surface area contributed by atoms with Crippen molar-refractivity contribution in [1.29, 1.82) is 0 Å². The van der Waals surface area contributed by atoms with Gasteiger partial charge in [-0.1, -0.05) is 39.0 Å². The van der Waals surface area contributed by atoms with E-state index in [1.165, 1.54) is 77.0 Å². The first-order chi connectivity index (χ1) is 8.74. The van der Waals surface area contributed by atoms with Crippen molar-refractivity contribution in [2.24, 2.45) is 5.41 Å². The molecule has 1 atom stereocenters. The van der Waals surface area contributed by atoms with E-state index in [0.717, 1.165) is 17.5 Å². The molecule has 0 bridgehead atoms. The lowest BCUT2D eigenvalue weighted by Crippen LogP contribution is -2.41. The van der Waals surface area contributed by atoms with E-state index in [2.05, 4.69) is 19.2 Å². The van der Waals surface area contributed by atoms with E-state index in [1.54, 1.807) is 0 Å². The highest BCUT2D eigenvalue weighted by atomic mass is 14.9. The summed E-state index contributed by atoms with van der Waals surface area (Å²) >= 11 is 0. The van der Waals surface area contributed by atoms with Crippen LogP contribution in [-0.2, 0) is 0 Å². The standard InChI is InChI=1S/C17H33N/c1-3-4-5-8-15(2)18-16-9-13-17(14-10-16)11-6-7-12-17/h15-16,18H,3-14H2,1-2H3. The molecule has 0 aromatic rings. The van der Waals surface area contributed by atoms with Crippen LogP contribution in [0.15, 0.2) is 0 Å². The molecule has 2 aliphatic carbocycles. The molecule has 1 unspecified atom stereocenters. The second kappa shape index (κ2) is 6.93. The Kier molecular flexibility index (Phi) is 5.54. The Morgan fingerprint density at radius 1 is 1.06 bits per heavy atom. The second-order valence-corrected chi connectivity index (χ2v) is 7.04. The number of rotatable bonds is 6. The van der Waals surface area contributed by atoms with Crippen molar-refractivity contribution >= 4 is 0 Å². The van der Waals surface area contributed by atoms with Crippen molar-refractivity contribution in [3.63, 3.8) is 0 Å². The van der Waals surface area contributed by atoms with Crippen LogP contribution in [0.25, 0.3) is 0 Å². The zero-order valence-electron chi connectivity index (χ0n) is 12.6. The summed E-state index contributed by atoms with van der Waals surface area (Å²) < 4.78 is 0.